The third-order valence-electron chi connectivity index (χ3n) is 5.16. The Bertz CT molecular complexity index is 695. The predicted octanol–water partition coefficient (Wildman–Crippen LogP) is 1.11. The van der Waals surface area contributed by atoms with E-state index >= 15 is 0 Å². The molecule has 0 bridgehead atoms. The highest BCUT2D eigenvalue weighted by Crippen LogP contribution is 2.13. The summed E-state index contributed by atoms with van der Waals surface area (Å²) in [5.74, 6) is 0.943. The molecule has 0 aromatic heterocycles. The number of benzene rings is 2. The molecule has 1 aliphatic heterocycles. The average molecular weight is 354 g/mol. The van der Waals surface area contributed by atoms with Crippen molar-refractivity contribution in [2.75, 3.05) is 38.2 Å². The lowest BCUT2D eigenvalue weighted by Gasteiger charge is -2.36. The van der Waals surface area contributed by atoms with Gasteiger partial charge in [0.05, 0.1) is 33.3 Å². The van der Waals surface area contributed by atoms with Gasteiger partial charge in [-0.1, -0.05) is 30.3 Å². The quantitative estimate of drug-likeness (QED) is 0.817. The maximum absolute atomic E-state index is 12.5. The zero-order valence-electron chi connectivity index (χ0n) is 15.6. The van der Waals surface area contributed by atoms with Crippen LogP contribution in [0.2, 0.25) is 0 Å². The van der Waals surface area contributed by atoms with Crippen molar-refractivity contribution in [1.29, 1.82) is 0 Å². The molecule has 0 unspecified atom stereocenters. The van der Waals surface area contributed by atoms with Gasteiger partial charge >= 0.3 is 0 Å². The number of methoxy groups -OCH3 is 1. The van der Waals surface area contributed by atoms with Crippen LogP contribution in [0.3, 0.4) is 0 Å². The van der Waals surface area contributed by atoms with E-state index < -0.39 is 0 Å². The molecule has 5 heteroatoms. The van der Waals surface area contributed by atoms with E-state index in [1.807, 2.05) is 37.3 Å². The van der Waals surface area contributed by atoms with Crippen molar-refractivity contribution in [3.8, 4) is 5.75 Å². The Balaban J connectivity index is 1.46. The first-order valence-electron chi connectivity index (χ1n) is 9.22. The lowest BCUT2D eigenvalue weighted by Crippen LogP contribution is -3.19. The number of para-hydroxylation sites is 1. The highest BCUT2D eigenvalue weighted by molar-refractivity contribution is 5.79. The van der Waals surface area contributed by atoms with Crippen LogP contribution in [0.15, 0.2) is 54.6 Å². The predicted molar refractivity (Wildman–Crippen MR) is 104 cm³/mol. The molecule has 0 saturated carbocycles. The summed E-state index contributed by atoms with van der Waals surface area (Å²) < 4.78 is 5.16. The largest absolute Gasteiger partial charge is 0.497 e. The normalized spacial score (nSPS) is 16.2. The van der Waals surface area contributed by atoms with Crippen LogP contribution in [0, 0.1) is 0 Å². The van der Waals surface area contributed by atoms with E-state index in [4.69, 9.17) is 4.74 Å². The Morgan fingerprint density at radius 3 is 2.38 bits per heavy atom. The molecule has 1 heterocycles. The van der Waals surface area contributed by atoms with Crippen molar-refractivity contribution in [3.63, 3.8) is 0 Å². The number of rotatable bonds is 6. The van der Waals surface area contributed by atoms with Gasteiger partial charge in [-0.2, -0.15) is 0 Å². The number of ether oxygens (including phenoxy) is 1. The number of anilines is 1. The summed E-state index contributed by atoms with van der Waals surface area (Å²) in [5.41, 5.74) is 2.35. The van der Waals surface area contributed by atoms with Crippen molar-refractivity contribution >= 4 is 11.6 Å². The van der Waals surface area contributed by atoms with Crippen LogP contribution >= 0.6 is 0 Å². The number of nitrogens with one attached hydrogen (secondary N) is 2. The molecule has 0 aliphatic carbocycles. The smallest absolute Gasteiger partial charge is 0.278 e. The third-order valence-corrected chi connectivity index (χ3v) is 5.16. The van der Waals surface area contributed by atoms with Gasteiger partial charge in [-0.05, 0) is 36.8 Å². The second kappa shape index (κ2) is 8.72. The maximum atomic E-state index is 12.5. The van der Waals surface area contributed by atoms with E-state index in [0.29, 0.717) is 6.54 Å². The molecule has 0 radical (unpaired) electrons. The van der Waals surface area contributed by atoms with Crippen LogP contribution in [0.5, 0.6) is 5.75 Å². The second-order valence-corrected chi connectivity index (χ2v) is 6.77. The van der Waals surface area contributed by atoms with E-state index in [2.05, 4.69) is 34.5 Å². The topological polar surface area (TPSA) is 46.0 Å². The number of hydrogen-bond acceptors (Lipinski definition) is 3. The van der Waals surface area contributed by atoms with Crippen LogP contribution in [-0.2, 0) is 11.3 Å². The van der Waals surface area contributed by atoms with Crippen LogP contribution < -0.4 is 19.9 Å². The van der Waals surface area contributed by atoms with Gasteiger partial charge in [0.2, 0.25) is 0 Å². The van der Waals surface area contributed by atoms with Crippen LogP contribution in [0.1, 0.15) is 12.5 Å². The second-order valence-electron chi connectivity index (χ2n) is 6.77. The molecule has 26 heavy (non-hydrogen) atoms. The molecule has 0 spiro atoms. The zero-order valence-corrected chi connectivity index (χ0v) is 15.6. The molecule has 1 aliphatic rings. The van der Waals surface area contributed by atoms with Crippen molar-refractivity contribution in [2.45, 2.75) is 19.5 Å². The Morgan fingerprint density at radius 1 is 1.12 bits per heavy atom. The van der Waals surface area contributed by atoms with E-state index in [0.717, 1.165) is 37.5 Å². The Morgan fingerprint density at radius 2 is 1.77 bits per heavy atom. The van der Waals surface area contributed by atoms with Crippen LogP contribution in [-0.4, -0.2) is 45.2 Å². The van der Waals surface area contributed by atoms with Gasteiger partial charge in [-0.3, -0.25) is 4.79 Å². The summed E-state index contributed by atoms with van der Waals surface area (Å²) in [6.07, 6.45) is 0. The molecule has 5 nitrogen and oxygen atoms in total. The van der Waals surface area contributed by atoms with Gasteiger partial charge < -0.3 is 19.9 Å². The number of quaternary nitrogens is 1. The molecule has 2 N–H and O–H groups in total. The van der Waals surface area contributed by atoms with Crippen LogP contribution in [0.4, 0.5) is 5.69 Å². The van der Waals surface area contributed by atoms with E-state index in [9.17, 15) is 4.79 Å². The molecular formula is C21H28N3O2+. The molecule has 138 valence electrons. The number of piperazine rings is 1. The number of carbonyl (C=O) groups is 1. The molecule has 2 aromatic carbocycles. The average Bonchev–Trinajstić information content (AvgIpc) is 2.72. The first-order valence-corrected chi connectivity index (χ1v) is 9.22. The number of carbonyl (C=O) groups excluding carboxylic acids is 1. The lowest BCUT2D eigenvalue weighted by atomic mass is 10.1. The van der Waals surface area contributed by atoms with Gasteiger partial charge in [0.15, 0.2) is 6.04 Å². The minimum absolute atomic E-state index is 0.0360. The minimum Gasteiger partial charge on any atom is -0.497 e. The monoisotopic (exact) mass is 354 g/mol. The summed E-state index contributed by atoms with van der Waals surface area (Å²) in [4.78, 5) is 16.3. The molecular weight excluding hydrogens is 326 g/mol. The molecule has 1 saturated heterocycles. The van der Waals surface area contributed by atoms with Gasteiger partial charge in [-0.15, -0.1) is 0 Å². The fourth-order valence-corrected chi connectivity index (χ4v) is 3.40. The SMILES string of the molecule is COc1ccc(CNC(=O)[C@H](C)[NH+]2CCN(c3ccccc3)CC2)cc1. The molecule has 3 rings (SSSR count). The maximum Gasteiger partial charge on any atom is 0.278 e. The summed E-state index contributed by atoms with van der Waals surface area (Å²) >= 11 is 0. The number of amides is 1. The van der Waals surface area contributed by atoms with Crippen molar-refractivity contribution < 1.29 is 14.4 Å². The Kier molecular flexibility index (Phi) is 6.12. The van der Waals surface area contributed by atoms with Gasteiger partial charge in [0, 0.05) is 12.2 Å². The fourth-order valence-electron chi connectivity index (χ4n) is 3.40. The Hall–Kier alpha value is -2.53. The number of hydrogen-bond donors (Lipinski definition) is 2. The van der Waals surface area contributed by atoms with Crippen molar-refractivity contribution in [1.82, 2.24) is 5.32 Å². The first kappa shape index (κ1) is 18.3. The Labute approximate surface area is 155 Å². The zero-order chi connectivity index (χ0) is 18.4. The minimum atomic E-state index is -0.0360. The number of nitrogens with zero attached hydrogens (tertiary/aromatic N) is 1. The summed E-state index contributed by atoms with van der Waals surface area (Å²) in [5, 5.41) is 3.06. The van der Waals surface area contributed by atoms with E-state index in [1.165, 1.54) is 10.6 Å². The first-order chi connectivity index (χ1) is 12.7. The summed E-state index contributed by atoms with van der Waals surface area (Å²) in [6.45, 7) is 6.50. The molecule has 1 amide bonds. The highest BCUT2D eigenvalue weighted by Gasteiger charge is 2.28. The van der Waals surface area contributed by atoms with Gasteiger partial charge in [0.25, 0.3) is 5.91 Å². The summed E-state index contributed by atoms with van der Waals surface area (Å²) in [7, 11) is 1.65. The molecule has 2 aromatic rings. The third kappa shape index (κ3) is 4.55. The standard InChI is InChI=1S/C21H27N3O2/c1-17(21(25)22-16-18-8-10-20(26-2)11-9-18)23-12-14-24(15-13-23)19-6-4-3-5-7-19/h3-11,17H,12-16H2,1-2H3,(H,22,25)/p+1/t17-/m0/s1. The van der Waals surface area contributed by atoms with Gasteiger partial charge in [-0.25, -0.2) is 0 Å². The van der Waals surface area contributed by atoms with E-state index in [-0.39, 0.29) is 11.9 Å². The molecule has 1 fully saturated rings. The van der Waals surface area contributed by atoms with Crippen molar-refractivity contribution in [2.24, 2.45) is 0 Å². The van der Waals surface area contributed by atoms with E-state index in [1.54, 1.807) is 7.11 Å². The molecule has 1 atom stereocenters. The van der Waals surface area contributed by atoms with Gasteiger partial charge in [0.1, 0.15) is 5.75 Å². The summed E-state index contributed by atoms with van der Waals surface area (Å²) in [6, 6.07) is 18.2. The lowest BCUT2D eigenvalue weighted by molar-refractivity contribution is -0.914. The highest BCUT2D eigenvalue weighted by atomic mass is 16.5. The van der Waals surface area contributed by atoms with Crippen molar-refractivity contribution in [3.05, 3.63) is 60.2 Å². The fraction of sp³-hybridized carbons (Fsp3) is 0.381. The van der Waals surface area contributed by atoms with Crippen LogP contribution in [0.25, 0.3) is 0 Å².